The maximum Gasteiger partial charge on any atom is 0.229 e. The molecule has 0 aliphatic carbocycles. The second-order valence-corrected chi connectivity index (χ2v) is 7.98. The van der Waals surface area contributed by atoms with Crippen LogP contribution < -0.4 is 10.6 Å². The van der Waals surface area contributed by atoms with Crippen molar-refractivity contribution >= 4 is 33.4 Å². The Bertz CT molecular complexity index is 934. The van der Waals surface area contributed by atoms with Crippen molar-refractivity contribution in [1.29, 1.82) is 0 Å². The van der Waals surface area contributed by atoms with Gasteiger partial charge in [-0.3, -0.25) is 4.90 Å². The van der Waals surface area contributed by atoms with E-state index in [0.29, 0.717) is 5.95 Å². The van der Waals surface area contributed by atoms with Gasteiger partial charge in [0.1, 0.15) is 5.82 Å². The van der Waals surface area contributed by atoms with Gasteiger partial charge >= 0.3 is 0 Å². The monoisotopic (exact) mass is 457 g/mol. The summed E-state index contributed by atoms with van der Waals surface area (Å²) in [7, 11) is 0. The highest BCUT2D eigenvalue weighted by Gasteiger charge is 2.19. The lowest BCUT2D eigenvalue weighted by atomic mass is 10.2. The fourth-order valence-corrected chi connectivity index (χ4v) is 3.71. The van der Waals surface area contributed by atoms with Crippen molar-refractivity contribution in [3.05, 3.63) is 58.7 Å². The van der Waals surface area contributed by atoms with E-state index in [2.05, 4.69) is 63.5 Å². The van der Waals surface area contributed by atoms with Crippen molar-refractivity contribution in [3.63, 3.8) is 0 Å². The first-order valence-electron chi connectivity index (χ1n) is 9.66. The van der Waals surface area contributed by atoms with E-state index in [9.17, 15) is 5.11 Å². The molecule has 1 atom stereocenters. The molecule has 29 heavy (non-hydrogen) atoms. The van der Waals surface area contributed by atoms with Crippen LogP contribution in [0.25, 0.3) is 0 Å². The van der Waals surface area contributed by atoms with Gasteiger partial charge < -0.3 is 20.7 Å². The smallest absolute Gasteiger partial charge is 0.229 e. The van der Waals surface area contributed by atoms with Gasteiger partial charge in [-0.15, -0.1) is 0 Å². The van der Waals surface area contributed by atoms with Crippen LogP contribution in [0.4, 0.5) is 17.5 Å². The average molecular weight is 458 g/mol. The Morgan fingerprint density at radius 2 is 2.24 bits per heavy atom. The molecule has 0 bridgehead atoms. The van der Waals surface area contributed by atoms with Crippen molar-refractivity contribution in [3.8, 4) is 0 Å². The molecular weight excluding hydrogens is 434 g/mol. The number of hydrogen-bond donors (Lipinski definition) is 4. The summed E-state index contributed by atoms with van der Waals surface area (Å²) in [6.45, 7) is 3.22. The lowest BCUT2D eigenvalue weighted by Crippen LogP contribution is -2.21. The standard InChI is InChI=1S/C20H24BrN7O/c21-18-10-24-20(27-19(18)23-6-4-16-9-22-13-25-16)26-15-3-1-2-14(8-15)11-28-7-5-17(29)12-28/h1-3,8-10,13,17,29H,4-7,11-12H2,(H,22,25)(H2,23,24,26,27)/t17-/m1/s1. The van der Waals surface area contributed by atoms with Crippen molar-refractivity contribution in [2.45, 2.75) is 25.5 Å². The first-order chi connectivity index (χ1) is 14.2. The van der Waals surface area contributed by atoms with E-state index in [4.69, 9.17) is 0 Å². The summed E-state index contributed by atoms with van der Waals surface area (Å²) in [5.41, 5.74) is 3.13. The minimum atomic E-state index is -0.202. The molecule has 4 rings (SSSR count). The molecule has 3 heterocycles. The Morgan fingerprint density at radius 3 is 3.03 bits per heavy atom. The second kappa shape index (κ2) is 9.34. The van der Waals surface area contributed by atoms with Gasteiger partial charge in [0.25, 0.3) is 0 Å². The van der Waals surface area contributed by atoms with E-state index in [1.807, 2.05) is 18.3 Å². The molecule has 0 saturated carbocycles. The van der Waals surface area contributed by atoms with E-state index >= 15 is 0 Å². The van der Waals surface area contributed by atoms with Crippen LogP contribution in [-0.2, 0) is 13.0 Å². The van der Waals surface area contributed by atoms with Crippen LogP contribution in [0.3, 0.4) is 0 Å². The van der Waals surface area contributed by atoms with E-state index in [1.165, 1.54) is 5.56 Å². The predicted octanol–water partition coefficient (Wildman–Crippen LogP) is 2.93. The van der Waals surface area contributed by atoms with Gasteiger partial charge in [-0.05, 0) is 40.0 Å². The molecule has 0 unspecified atom stereocenters. The van der Waals surface area contributed by atoms with Crippen LogP contribution in [0.2, 0.25) is 0 Å². The Kier molecular flexibility index (Phi) is 6.38. The largest absolute Gasteiger partial charge is 0.392 e. The number of aromatic amines is 1. The molecule has 1 aliphatic heterocycles. The van der Waals surface area contributed by atoms with Crippen molar-refractivity contribution in [2.24, 2.45) is 0 Å². The summed E-state index contributed by atoms with van der Waals surface area (Å²) >= 11 is 3.50. The highest BCUT2D eigenvalue weighted by Crippen LogP contribution is 2.23. The molecule has 9 heteroatoms. The minimum absolute atomic E-state index is 0.202. The molecule has 3 aromatic rings. The first-order valence-corrected chi connectivity index (χ1v) is 10.5. The van der Waals surface area contributed by atoms with Gasteiger partial charge in [0.05, 0.1) is 22.6 Å². The third kappa shape index (κ3) is 5.53. The van der Waals surface area contributed by atoms with Crippen molar-refractivity contribution < 1.29 is 5.11 Å². The summed E-state index contributed by atoms with van der Waals surface area (Å²) < 4.78 is 0.811. The van der Waals surface area contributed by atoms with Crippen LogP contribution in [0, 0.1) is 0 Å². The number of nitrogens with one attached hydrogen (secondary N) is 3. The van der Waals surface area contributed by atoms with E-state index < -0.39 is 0 Å². The fraction of sp³-hybridized carbons (Fsp3) is 0.350. The highest BCUT2D eigenvalue weighted by molar-refractivity contribution is 9.10. The number of β-amino-alcohol motifs (C(OH)–C–C–N with tert-alkyl or cyclic N) is 1. The number of rotatable bonds is 8. The average Bonchev–Trinajstić information content (AvgIpc) is 3.36. The number of aliphatic hydroxyl groups is 1. The van der Waals surface area contributed by atoms with E-state index in [0.717, 1.165) is 60.7 Å². The number of H-pyrrole nitrogens is 1. The van der Waals surface area contributed by atoms with Crippen molar-refractivity contribution in [1.82, 2.24) is 24.8 Å². The third-order valence-corrected chi connectivity index (χ3v) is 5.39. The first kappa shape index (κ1) is 19.8. The van der Waals surface area contributed by atoms with Gasteiger partial charge in [-0.25, -0.2) is 9.97 Å². The van der Waals surface area contributed by atoms with Gasteiger partial charge in [0, 0.05) is 50.7 Å². The maximum absolute atomic E-state index is 9.71. The van der Waals surface area contributed by atoms with Crippen LogP contribution in [0.1, 0.15) is 17.7 Å². The zero-order chi connectivity index (χ0) is 20.1. The van der Waals surface area contributed by atoms with Crippen LogP contribution in [-0.4, -0.2) is 55.7 Å². The van der Waals surface area contributed by atoms with Crippen LogP contribution >= 0.6 is 15.9 Å². The molecule has 152 valence electrons. The number of hydrogen-bond acceptors (Lipinski definition) is 7. The van der Waals surface area contributed by atoms with Gasteiger partial charge in [-0.2, -0.15) is 4.98 Å². The molecule has 1 aliphatic rings. The van der Waals surface area contributed by atoms with Gasteiger partial charge in [0.15, 0.2) is 0 Å². The number of anilines is 3. The molecule has 0 radical (unpaired) electrons. The lowest BCUT2D eigenvalue weighted by Gasteiger charge is -2.16. The topological polar surface area (TPSA) is 102 Å². The van der Waals surface area contributed by atoms with Gasteiger partial charge in [-0.1, -0.05) is 12.1 Å². The number of imidazole rings is 1. The minimum Gasteiger partial charge on any atom is -0.392 e. The summed E-state index contributed by atoms with van der Waals surface area (Å²) in [6, 6.07) is 8.21. The van der Waals surface area contributed by atoms with Crippen molar-refractivity contribution in [2.75, 3.05) is 30.3 Å². The summed E-state index contributed by atoms with van der Waals surface area (Å²) in [6.07, 6.45) is 6.75. The lowest BCUT2D eigenvalue weighted by molar-refractivity contribution is 0.175. The Morgan fingerprint density at radius 1 is 1.31 bits per heavy atom. The number of halogens is 1. The van der Waals surface area contributed by atoms with E-state index in [1.54, 1.807) is 12.5 Å². The Hall–Kier alpha value is -2.49. The Labute approximate surface area is 177 Å². The number of likely N-dealkylation sites (tertiary alicyclic amines) is 1. The van der Waals surface area contributed by atoms with Crippen LogP contribution in [0.15, 0.2) is 47.5 Å². The zero-order valence-electron chi connectivity index (χ0n) is 16.0. The number of aromatic nitrogens is 4. The zero-order valence-corrected chi connectivity index (χ0v) is 17.6. The maximum atomic E-state index is 9.71. The fourth-order valence-electron chi connectivity index (χ4n) is 3.38. The molecule has 1 aromatic carbocycles. The second-order valence-electron chi connectivity index (χ2n) is 7.13. The molecule has 1 saturated heterocycles. The number of aliphatic hydroxyl groups excluding tert-OH is 1. The number of benzene rings is 1. The highest BCUT2D eigenvalue weighted by atomic mass is 79.9. The Balaban J connectivity index is 1.38. The molecular formula is C20H24BrN7O. The number of nitrogens with zero attached hydrogens (tertiary/aromatic N) is 4. The summed E-state index contributed by atoms with van der Waals surface area (Å²) in [4.78, 5) is 18.4. The molecule has 8 nitrogen and oxygen atoms in total. The predicted molar refractivity (Wildman–Crippen MR) is 116 cm³/mol. The third-order valence-electron chi connectivity index (χ3n) is 4.81. The summed E-state index contributed by atoms with van der Waals surface area (Å²) in [5.74, 6) is 1.27. The van der Waals surface area contributed by atoms with E-state index in [-0.39, 0.29) is 6.10 Å². The molecule has 2 aromatic heterocycles. The quantitative estimate of drug-likeness (QED) is 0.412. The van der Waals surface area contributed by atoms with Gasteiger partial charge in [0.2, 0.25) is 5.95 Å². The van der Waals surface area contributed by atoms with Crippen LogP contribution in [0.5, 0.6) is 0 Å². The normalized spacial score (nSPS) is 16.8. The summed E-state index contributed by atoms with van der Waals surface area (Å²) in [5, 5.41) is 16.3. The SMILES string of the molecule is O[C@@H]1CCN(Cc2cccc(Nc3ncc(Br)c(NCCc4c[nH]cn4)n3)c2)C1. The molecule has 0 spiro atoms. The molecule has 4 N–H and O–H groups in total. The molecule has 1 fully saturated rings. The molecule has 0 amide bonds.